The SMILES string of the molecule is CC#CCCNc1ncc(N)cc1C. The van der Waals surface area contributed by atoms with E-state index in [4.69, 9.17) is 5.73 Å². The number of nitrogens with zero attached hydrogens (tertiary/aromatic N) is 1. The fraction of sp³-hybridized carbons (Fsp3) is 0.364. The highest BCUT2D eigenvalue weighted by atomic mass is 15.0. The molecule has 74 valence electrons. The summed E-state index contributed by atoms with van der Waals surface area (Å²) in [6, 6.07) is 1.90. The first-order chi connectivity index (χ1) is 6.74. The Balaban J connectivity index is 2.53. The average Bonchev–Trinajstić information content (AvgIpc) is 2.15. The van der Waals surface area contributed by atoms with Gasteiger partial charge in [0.15, 0.2) is 0 Å². The molecule has 0 aliphatic rings. The van der Waals surface area contributed by atoms with E-state index in [-0.39, 0.29) is 0 Å². The molecule has 0 unspecified atom stereocenters. The van der Waals surface area contributed by atoms with Crippen molar-refractivity contribution >= 4 is 11.5 Å². The van der Waals surface area contributed by atoms with Gasteiger partial charge in [-0.1, -0.05) is 0 Å². The lowest BCUT2D eigenvalue weighted by molar-refractivity contribution is 1.06. The summed E-state index contributed by atoms with van der Waals surface area (Å²) in [6.07, 6.45) is 2.49. The smallest absolute Gasteiger partial charge is 0.129 e. The topological polar surface area (TPSA) is 50.9 Å². The Morgan fingerprint density at radius 2 is 2.36 bits per heavy atom. The van der Waals surface area contributed by atoms with Crippen molar-refractivity contribution in [2.75, 3.05) is 17.6 Å². The van der Waals surface area contributed by atoms with E-state index in [1.807, 2.05) is 19.9 Å². The predicted octanol–water partition coefficient (Wildman–Crippen LogP) is 1.80. The van der Waals surface area contributed by atoms with E-state index in [1.165, 1.54) is 0 Å². The maximum absolute atomic E-state index is 5.59. The predicted molar refractivity (Wildman–Crippen MR) is 59.9 cm³/mol. The van der Waals surface area contributed by atoms with Gasteiger partial charge < -0.3 is 11.1 Å². The Morgan fingerprint density at radius 1 is 1.57 bits per heavy atom. The van der Waals surface area contributed by atoms with Gasteiger partial charge in [-0.25, -0.2) is 4.98 Å². The molecule has 3 N–H and O–H groups in total. The number of nitrogens with two attached hydrogens (primary N) is 1. The molecule has 0 radical (unpaired) electrons. The maximum Gasteiger partial charge on any atom is 0.129 e. The highest BCUT2D eigenvalue weighted by molar-refractivity contribution is 5.50. The number of hydrogen-bond acceptors (Lipinski definition) is 3. The van der Waals surface area contributed by atoms with Gasteiger partial charge in [-0.15, -0.1) is 11.8 Å². The molecule has 3 nitrogen and oxygen atoms in total. The molecule has 0 saturated carbocycles. The lowest BCUT2D eigenvalue weighted by Crippen LogP contribution is -2.04. The quantitative estimate of drug-likeness (QED) is 0.563. The summed E-state index contributed by atoms with van der Waals surface area (Å²) in [4.78, 5) is 4.19. The van der Waals surface area contributed by atoms with Crippen LogP contribution in [0, 0.1) is 18.8 Å². The van der Waals surface area contributed by atoms with Crippen LogP contribution in [0.15, 0.2) is 12.3 Å². The van der Waals surface area contributed by atoms with Gasteiger partial charge in [0.25, 0.3) is 0 Å². The molecular weight excluding hydrogens is 174 g/mol. The fourth-order valence-electron chi connectivity index (χ4n) is 1.15. The van der Waals surface area contributed by atoms with Crippen molar-refractivity contribution in [2.24, 2.45) is 0 Å². The van der Waals surface area contributed by atoms with E-state index in [1.54, 1.807) is 6.20 Å². The van der Waals surface area contributed by atoms with Gasteiger partial charge in [-0.2, -0.15) is 0 Å². The first kappa shape index (κ1) is 10.4. The van der Waals surface area contributed by atoms with Crippen LogP contribution in [0.2, 0.25) is 0 Å². The molecule has 0 amide bonds. The number of aromatic nitrogens is 1. The van der Waals surface area contributed by atoms with E-state index < -0.39 is 0 Å². The number of aryl methyl sites for hydroxylation is 1. The lowest BCUT2D eigenvalue weighted by Gasteiger charge is -2.06. The fourth-order valence-corrected chi connectivity index (χ4v) is 1.15. The van der Waals surface area contributed by atoms with Crippen LogP contribution in [0.5, 0.6) is 0 Å². The summed E-state index contributed by atoms with van der Waals surface area (Å²) >= 11 is 0. The molecule has 0 bridgehead atoms. The highest BCUT2D eigenvalue weighted by Gasteiger charge is 1.97. The Bertz CT molecular complexity index is 361. The third-order valence-electron chi connectivity index (χ3n) is 1.82. The second kappa shape index (κ2) is 5.13. The van der Waals surface area contributed by atoms with E-state index >= 15 is 0 Å². The van der Waals surface area contributed by atoms with Crippen LogP contribution in [0.1, 0.15) is 18.9 Å². The molecule has 1 aromatic rings. The zero-order valence-electron chi connectivity index (χ0n) is 8.59. The third kappa shape index (κ3) is 2.98. The Labute approximate surface area is 84.7 Å². The van der Waals surface area contributed by atoms with Gasteiger partial charge in [0, 0.05) is 13.0 Å². The van der Waals surface area contributed by atoms with Crippen molar-refractivity contribution in [3.8, 4) is 11.8 Å². The van der Waals surface area contributed by atoms with Crippen LogP contribution in [0.25, 0.3) is 0 Å². The van der Waals surface area contributed by atoms with Crippen LogP contribution < -0.4 is 11.1 Å². The largest absolute Gasteiger partial charge is 0.397 e. The van der Waals surface area contributed by atoms with Gasteiger partial charge in [0.05, 0.1) is 11.9 Å². The first-order valence-corrected chi connectivity index (χ1v) is 4.59. The number of nitrogen functional groups attached to an aromatic ring is 1. The molecular formula is C11H15N3. The number of rotatable bonds is 3. The Kier molecular flexibility index (Phi) is 3.81. The molecule has 1 aromatic heterocycles. The molecule has 0 fully saturated rings. The van der Waals surface area contributed by atoms with E-state index in [0.717, 1.165) is 24.3 Å². The van der Waals surface area contributed by atoms with E-state index in [0.29, 0.717) is 5.69 Å². The molecule has 1 heterocycles. The van der Waals surface area contributed by atoms with Crippen molar-refractivity contribution in [3.63, 3.8) is 0 Å². The Hall–Kier alpha value is -1.69. The monoisotopic (exact) mass is 189 g/mol. The van der Waals surface area contributed by atoms with Crippen LogP contribution in [0.3, 0.4) is 0 Å². The molecule has 0 aromatic carbocycles. The van der Waals surface area contributed by atoms with Crippen molar-refractivity contribution < 1.29 is 0 Å². The normalized spacial score (nSPS) is 9.00. The molecule has 1 rings (SSSR count). The first-order valence-electron chi connectivity index (χ1n) is 4.59. The van der Waals surface area contributed by atoms with Crippen LogP contribution >= 0.6 is 0 Å². The van der Waals surface area contributed by atoms with Crippen molar-refractivity contribution in [2.45, 2.75) is 20.3 Å². The second-order valence-corrected chi connectivity index (χ2v) is 3.04. The minimum absolute atomic E-state index is 0.696. The van der Waals surface area contributed by atoms with Crippen LogP contribution in [0.4, 0.5) is 11.5 Å². The van der Waals surface area contributed by atoms with Gasteiger partial charge in [0.1, 0.15) is 5.82 Å². The molecule has 0 spiro atoms. The van der Waals surface area contributed by atoms with Gasteiger partial charge in [-0.3, -0.25) is 0 Å². The number of hydrogen-bond donors (Lipinski definition) is 2. The highest BCUT2D eigenvalue weighted by Crippen LogP contribution is 2.13. The summed E-state index contributed by atoms with van der Waals surface area (Å²) in [7, 11) is 0. The molecule has 0 aliphatic carbocycles. The maximum atomic E-state index is 5.59. The summed E-state index contributed by atoms with van der Waals surface area (Å²) in [5.41, 5.74) is 7.35. The zero-order valence-corrected chi connectivity index (χ0v) is 8.59. The van der Waals surface area contributed by atoms with Gasteiger partial charge in [-0.05, 0) is 25.5 Å². The van der Waals surface area contributed by atoms with E-state index in [2.05, 4.69) is 22.1 Å². The minimum atomic E-state index is 0.696. The molecule has 0 saturated heterocycles. The standard InChI is InChI=1S/C11H15N3/c1-3-4-5-6-13-11-9(2)7-10(12)8-14-11/h7-8H,5-6,12H2,1-2H3,(H,13,14). The van der Waals surface area contributed by atoms with Gasteiger partial charge >= 0.3 is 0 Å². The molecule has 14 heavy (non-hydrogen) atoms. The number of nitrogens with one attached hydrogen (secondary N) is 1. The second-order valence-electron chi connectivity index (χ2n) is 3.04. The summed E-state index contributed by atoms with van der Waals surface area (Å²) in [5, 5.41) is 3.21. The minimum Gasteiger partial charge on any atom is -0.397 e. The zero-order chi connectivity index (χ0) is 10.4. The van der Waals surface area contributed by atoms with Crippen molar-refractivity contribution in [3.05, 3.63) is 17.8 Å². The number of anilines is 2. The summed E-state index contributed by atoms with van der Waals surface area (Å²) in [6.45, 7) is 4.64. The van der Waals surface area contributed by atoms with Crippen LogP contribution in [-0.4, -0.2) is 11.5 Å². The lowest BCUT2D eigenvalue weighted by atomic mass is 10.2. The molecule has 0 aliphatic heterocycles. The molecule has 0 atom stereocenters. The van der Waals surface area contributed by atoms with Crippen molar-refractivity contribution in [1.82, 2.24) is 4.98 Å². The summed E-state index contributed by atoms with van der Waals surface area (Å²) < 4.78 is 0. The van der Waals surface area contributed by atoms with Gasteiger partial charge in [0.2, 0.25) is 0 Å². The van der Waals surface area contributed by atoms with Crippen LogP contribution in [-0.2, 0) is 0 Å². The Morgan fingerprint density at radius 3 is 3.00 bits per heavy atom. The summed E-state index contributed by atoms with van der Waals surface area (Å²) in [5.74, 6) is 6.72. The third-order valence-corrected chi connectivity index (χ3v) is 1.82. The number of pyridine rings is 1. The molecule has 3 heteroatoms. The average molecular weight is 189 g/mol. The van der Waals surface area contributed by atoms with E-state index in [9.17, 15) is 0 Å². The van der Waals surface area contributed by atoms with Crippen molar-refractivity contribution in [1.29, 1.82) is 0 Å².